The monoisotopic (exact) mass is 286 g/mol. The van der Waals surface area contributed by atoms with Crippen LogP contribution in [0.25, 0.3) is 0 Å². The van der Waals surface area contributed by atoms with Crippen molar-refractivity contribution in [2.45, 2.75) is 12.8 Å². The van der Waals surface area contributed by atoms with Crippen LogP contribution in [-0.2, 0) is 0 Å². The summed E-state index contributed by atoms with van der Waals surface area (Å²) in [4.78, 5) is 12.1. The molecule has 1 fully saturated rings. The average Bonchev–Trinajstić information content (AvgIpc) is 2.87. The summed E-state index contributed by atoms with van der Waals surface area (Å²) in [5.41, 5.74) is 4.21. The fourth-order valence-electron chi connectivity index (χ4n) is 2.83. The van der Waals surface area contributed by atoms with Crippen LogP contribution < -0.4 is 14.9 Å². The Bertz CT molecular complexity index is 622. The number of nitrogens with one attached hydrogen (secondary N) is 1. The van der Waals surface area contributed by atoms with Crippen molar-refractivity contribution in [1.82, 2.24) is 5.43 Å². The molecule has 1 saturated carbocycles. The molecule has 5 nitrogen and oxygen atoms in total. The summed E-state index contributed by atoms with van der Waals surface area (Å²) in [6.45, 7) is 0. The van der Waals surface area contributed by atoms with Gasteiger partial charge in [0.2, 0.25) is 0 Å². The van der Waals surface area contributed by atoms with Crippen LogP contribution in [0.3, 0.4) is 0 Å². The Kier molecular flexibility index (Phi) is 3.64. The zero-order valence-corrected chi connectivity index (χ0v) is 12.1. The molecule has 2 aliphatic rings. The third-order valence-electron chi connectivity index (χ3n) is 4.11. The summed E-state index contributed by atoms with van der Waals surface area (Å²) in [5.74, 6) is 2.01. The van der Waals surface area contributed by atoms with Crippen molar-refractivity contribution in [3.63, 3.8) is 0 Å². The Labute approximate surface area is 123 Å². The van der Waals surface area contributed by atoms with E-state index in [0.717, 1.165) is 18.6 Å². The topological polar surface area (TPSA) is 59.9 Å². The first-order chi connectivity index (χ1) is 10.2. The molecule has 0 radical (unpaired) electrons. The standard InChI is InChI=1S/C16H18N2O3/c1-20-14-7-6-11(9-15(14)21-2)16(19)18-17-13-8-10-4-3-5-12(10)13/h3-4,6-7,9-10,12H,5,8H2,1-2H3,(H,18,19)/b17-13-/t10-,12-/m0/s1. The number of fused-ring (bicyclic) bond motifs is 1. The predicted octanol–water partition coefficient (Wildman–Crippen LogP) is 2.39. The lowest BCUT2D eigenvalue weighted by Crippen LogP contribution is -2.35. The van der Waals surface area contributed by atoms with E-state index in [-0.39, 0.29) is 5.91 Å². The number of nitrogens with zero attached hydrogens (tertiary/aromatic N) is 1. The van der Waals surface area contributed by atoms with E-state index >= 15 is 0 Å². The molecule has 0 heterocycles. The molecule has 0 aliphatic heterocycles. The first-order valence-corrected chi connectivity index (χ1v) is 6.98. The molecule has 1 amide bonds. The summed E-state index contributed by atoms with van der Waals surface area (Å²) in [5, 5.41) is 4.25. The highest BCUT2D eigenvalue weighted by atomic mass is 16.5. The van der Waals surface area contributed by atoms with Gasteiger partial charge in [0.15, 0.2) is 11.5 Å². The second kappa shape index (κ2) is 5.60. The quantitative estimate of drug-likeness (QED) is 0.683. The highest BCUT2D eigenvalue weighted by Crippen LogP contribution is 2.40. The van der Waals surface area contributed by atoms with E-state index in [0.29, 0.717) is 28.9 Å². The third-order valence-corrected chi connectivity index (χ3v) is 4.11. The molecule has 0 bridgehead atoms. The molecule has 1 aromatic rings. The summed E-state index contributed by atoms with van der Waals surface area (Å²) in [6, 6.07) is 5.05. The number of hydrazone groups is 1. The smallest absolute Gasteiger partial charge is 0.271 e. The van der Waals surface area contributed by atoms with Crippen LogP contribution in [0.5, 0.6) is 11.5 Å². The van der Waals surface area contributed by atoms with Gasteiger partial charge in [-0.15, -0.1) is 0 Å². The number of methoxy groups -OCH3 is 2. The molecule has 5 heteroatoms. The molecular formula is C16H18N2O3. The third kappa shape index (κ3) is 2.51. The van der Waals surface area contributed by atoms with E-state index in [1.54, 1.807) is 32.4 Å². The van der Waals surface area contributed by atoms with Gasteiger partial charge in [-0.2, -0.15) is 5.10 Å². The highest BCUT2D eigenvalue weighted by Gasteiger charge is 2.38. The SMILES string of the molecule is COc1ccc(C(=O)N/N=C2/C[C@@H]3C=CC[C@H]23)cc1OC. The second-order valence-electron chi connectivity index (χ2n) is 5.25. The number of benzene rings is 1. The molecule has 0 saturated heterocycles. The van der Waals surface area contributed by atoms with Gasteiger partial charge in [0.1, 0.15) is 0 Å². The first-order valence-electron chi connectivity index (χ1n) is 6.98. The normalized spacial score (nSPS) is 24.4. The number of hydrogen-bond donors (Lipinski definition) is 1. The molecule has 1 N–H and O–H groups in total. The Morgan fingerprint density at radius 2 is 2.10 bits per heavy atom. The number of hydrogen-bond acceptors (Lipinski definition) is 4. The van der Waals surface area contributed by atoms with Crippen molar-refractivity contribution in [3.05, 3.63) is 35.9 Å². The van der Waals surface area contributed by atoms with Gasteiger partial charge in [0.25, 0.3) is 5.91 Å². The van der Waals surface area contributed by atoms with E-state index in [1.165, 1.54) is 0 Å². The van der Waals surface area contributed by atoms with Crippen molar-refractivity contribution in [1.29, 1.82) is 0 Å². The summed E-state index contributed by atoms with van der Waals surface area (Å²) in [7, 11) is 3.10. The fraction of sp³-hybridized carbons (Fsp3) is 0.375. The Hall–Kier alpha value is -2.30. The van der Waals surface area contributed by atoms with Crippen LogP contribution >= 0.6 is 0 Å². The van der Waals surface area contributed by atoms with Crippen molar-refractivity contribution >= 4 is 11.6 Å². The predicted molar refractivity (Wildman–Crippen MR) is 79.8 cm³/mol. The maximum Gasteiger partial charge on any atom is 0.271 e. The fourth-order valence-corrected chi connectivity index (χ4v) is 2.83. The molecule has 21 heavy (non-hydrogen) atoms. The zero-order valence-electron chi connectivity index (χ0n) is 12.1. The van der Waals surface area contributed by atoms with Crippen LogP contribution in [0.2, 0.25) is 0 Å². The second-order valence-corrected chi connectivity index (χ2v) is 5.25. The van der Waals surface area contributed by atoms with E-state index in [2.05, 4.69) is 22.7 Å². The number of allylic oxidation sites excluding steroid dienone is 2. The lowest BCUT2D eigenvalue weighted by Gasteiger charge is -2.31. The maximum absolute atomic E-state index is 12.1. The molecule has 0 aromatic heterocycles. The van der Waals surface area contributed by atoms with Crippen molar-refractivity contribution in [3.8, 4) is 11.5 Å². The van der Waals surface area contributed by atoms with Crippen molar-refractivity contribution < 1.29 is 14.3 Å². The van der Waals surface area contributed by atoms with Crippen LogP contribution in [0.4, 0.5) is 0 Å². The molecule has 2 atom stereocenters. The van der Waals surface area contributed by atoms with E-state index in [9.17, 15) is 4.79 Å². The number of rotatable bonds is 4. The number of carbonyl (C=O) groups is 1. The van der Waals surface area contributed by atoms with Gasteiger partial charge in [0, 0.05) is 17.2 Å². The molecular weight excluding hydrogens is 268 g/mol. The van der Waals surface area contributed by atoms with Crippen molar-refractivity contribution in [2.75, 3.05) is 14.2 Å². The lowest BCUT2D eigenvalue weighted by molar-refractivity contribution is 0.0953. The van der Waals surface area contributed by atoms with Crippen LogP contribution in [0.15, 0.2) is 35.5 Å². The maximum atomic E-state index is 12.1. The van der Waals surface area contributed by atoms with Gasteiger partial charge < -0.3 is 9.47 Å². The Balaban J connectivity index is 1.67. The van der Waals surface area contributed by atoms with E-state index in [4.69, 9.17) is 9.47 Å². The number of carbonyl (C=O) groups excluding carboxylic acids is 1. The van der Waals surface area contributed by atoms with Crippen LogP contribution in [0.1, 0.15) is 23.2 Å². The van der Waals surface area contributed by atoms with Gasteiger partial charge in [-0.3, -0.25) is 4.79 Å². The molecule has 3 rings (SSSR count). The van der Waals surface area contributed by atoms with Gasteiger partial charge in [0.05, 0.1) is 14.2 Å². The minimum atomic E-state index is -0.238. The van der Waals surface area contributed by atoms with E-state index < -0.39 is 0 Å². The highest BCUT2D eigenvalue weighted by molar-refractivity contribution is 5.98. The van der Waals surface area contributed by atoms with Gasteiger partial charge in [-0.05, 0) is 37.0 Å². The van der Waals surface area contributed by atoms with Gasteiger partial charge >= 0.3 is 0 Å². The minimum absolute atomic E-state index is 0.238. The molecule has 110 valence electrons. The first kappa shape index (κ1) is 13.7. The van der Waals surface area contributed by atoms with Crippen LogP contribution in [0, 0.1) is 11.8 Å². The Morgan fingerprint density at radius 1 is 1.29 bits per heavy atom. The molecule has 0 unspecified atom stereocenters. The summed E-state index contributed by atoms with van der Waals surface area (Å²) in [6.07, 6.45) is 6.41. The van der Waals surface area contributed by atoms with Crippen LogP contribution in [-0.4, -0.2) is 25.8 Å². The largest absolute Gasteiger partial charge is 0.493 e. The number of ether oxygens (including phenoxy) is 2. The van der Waals surface area contributed by atoms with E-state index in [1.807, 2.05) is 0 Å². The minimum Gasteiger partial charge on any atom is -0.493 e. The number of amides is 1. The Morgan fingerprint density at radius 3 is 2.81 bits per heavy atom. The average molecular weight is 286 g/mol. The van der Waals surface area contributed by atoms with Gasteiger partial charge in [-0.1, -0.05) is 12.2 Å². The molecule has 1 aromatic carbocycles. The molecule has 0 spiro atoms. The van der Waals surface area contributed by atoms with Crippen molar-refractivity contribution in [2.24, 2.45) is 16.9 Å². The summed E-state index contributed by atoms with van der Waals surface area (Å²) >= 11 is 0. The lowest BCUT2D eigenvalue weighted by atomic mass is 9.74. The molecule has 2 aliphatic carbocycles. The zero-order chi connectivity index (χ0) is 14.8. The summed E-state index contributed by atoms with van der Waals surface area (Å²) < 4.78 is 10.3. The van der Waals surface area contributed by atoms with Gasteiger partial charge in [-0.25, -0.2) is 5.43 Å².